The zero-order valence-corrected chi connectivity index (χ0v) is 15.0. The molecule has 0 saturated carbocycles. The summed E-state index contributed by atoms with van der Waals surface area (Å²) in [6.45, 7) is 2.18. The summed E-state index contributed by atoms with van der Waals surface area (Å²) in [5.41, 5.74) is 2.32. The van der Waals surface area contributed by atoms with Crippen LogP contribution < -0.4 is 5.32 Å². The quantitative estimate of drug-likeness (QED) is 0.879. The van der Waals surface area contributed by atoms with Crippen LogP contribution in [-0.4, -0.2) is 30.3 Å². The Kier molecular flexibility index (Phi) is 6.23. The van der Waals surface area contributed by atoms with Crippen LogP contribution in [0.25, 0.3) is 0 Å². The molecule has 0 fully saturated rings. The summed E-state index contributed by atoms with van der Waals surface area (Å²) in [6.07, 6.45) is 0. The van der Waals surface area contributed by atoms with Crippen LogP contribution in [0.2, 0.25) is 10.0 Å². The van der Waals surface area contributed by atoms with E-state index in [0.29, 0.717) is 22.2 Å². The van der Waals surface area contributed by atoms with Crippen molar-refractivity contribution in [1.29, 1.82) is 0 Å². The summed E-state index contributed by atoms with van der Waals surface area (Å²) in [6, 6.07) is 12.3. The summed E-state index contributed by atoms with van der Waals surface area (Å²) in [4.78, 5) is 25.7. The molecule has 0 heterocycles. The zero-order valence-electron chi connectivity index (χ0n) is 13.5. The highest BCUT2D eigenvalue weighted by Gasteiger charge is 2.13. The fourth-order valence-corrected chi connectivity index (χ4v) is 2.64. The Morgan fingerprint density at radius 1 is 1.12 bits per heavy atom. The number of carbonyl (C=O) groups is 2. The van der Waals surface area contributed by atoms with Crippen molar-refractivity contribution < 1.29 is 9.59 Å². The van der Waals surface area contributed by atoms with Crippen molar-refractivity contribution in [1.82, 2.24) is 10.2 Å². The lowest BCUT2D eigenvalue weighted by Gasteiger charge is -2.18. The molecule has 1 N–H and O–H groups in total. The first-order valence-corrected chi connectivity index (χ1v) is 8.15. The monoisotopic (exact) mass is 364 g/mol. The van der Waals surface area contributed by atoms with Gasteiger partial charge in [-0.15, -0.1) is 0 Å². The van der Waals surface area contributed by atoms with Crippen LogP contribution in [0.5, 0.6) is 0 Å². The van der Waals surface area contributed by atoms with Crippen molar-refractivity contribution in [2.45, 2.75) is 13.5 Å². The number of carbonyl (C=O) groups excluding carboxylic acids is 2. The van der Waals surface area contributed by atoms with Gasteiger partial charge in [0, 0.05) is 29.2 Å². The van der Waals surface area contributed by atoms with Gasteiger partial charge in [0.15, 0.2) is 0 Å². The second-order valence-electron chi connectivity index (χ2n) is 5.54. The van der Waals surface area contributed by atoms with Gasteiger partial charge in [0.2, 0.25) is 5.91 Å². The van der Waals surface area contributed by atoms with Gasteiger partial charge in [-0.25, -0.2) is 0 Å². The van der Waals surface area contributed by atoms with E-state index in [4.69, 9.17) is 23.2 Å². The number of hydrogen-bond acceptors (Lipinski definition) is 2. The third-order valence-corrected chi connectivity index (χ3v) is 4.12. The second kappa shape index (κ2) is 8.18. The van der Waals surface area contributed by atoms with E-state index in [9.17, 15) is 9.59 Å². The Bertz CT molecular complexity index is 762. The number of halogens is 2. The van der Waals surface area contributed by atoms with Gasteiger partial charge in [-0.3, -0.25) is 9.59 Å². The first-order chi connectivity index (χ1) is 11.4. The van der Waals surface area contributed by atoms with Gasteiger partial charge < -0.3 is 10.2 Å². The molecule has 2 aromatic rings. The Hall–Kier alpha value is -2.04. The molecule has 0 radical (unpaired) electrons. The summed E-state index contributed by atoms with van der Waals surface area (Å²) in [5, 5.41) is 3.68. The minimum Gasteiger partial charge on any atom is -0.343 e. The summed E-state index contributed by atoms with van der Waals surface area (Å²) in [7, 11) is 1.66. The van der Waals surface area contributed by atoms with Crippen molar-refractivity contribution in [3.8, 4) is 0 Å². The highest BCUT2D eigenvalue weighted by molar-refractivity contribution is 6.35. The molecule has 24 heavy (non-hydrogen) atoms. The van der Waals surface area contributed by atoms with Gasteiger partial charge in [-0.2, -0.15) is 0 Å². The first-order valence-electron chi connectivity index (χ1n) is 7.39. The van der Waals surface area contributed by atoms with Crippen molar-refractivity contribution in [2.75, 3.05) is 13.6 Å². The maximum Gasteiger partial charge on any atom is 0.251 e. The molecule has 2 rings (SSSR count). The van der Waals surface area contributed by atoms with Crippen molar-refractivity contribution in [3.05, 3.63) is 69.2 Å². The normalized spacial score (nSPS) is 10.3. The number of benzene rings is 2. The minimum absolute atomic E-state index is 0.0749. The van der Waals surface area contributed by atoms with Crippen LogP contribution in [0.4, 0.5) is 0 Å². The van der Waals surface area contributed by atoms with E-state index in [1.54, 1.807) is 43.4 Å². The average molecular weight is 365 g/mol. The lowest BCUT2D eigenvalue weighted by molar-refractivity contribution is -0.129. The van der Waals surface area contributed by atoms with Gasteiger partial charge in [-0.1, -0.05) is 47.0 Å². The number of likely N-dealkylation sites (N-methyl/N-ethyl adjacent to an activating group) is 1. The lowest BCUT2D eigenvalue weighted by atomic mass is 10.1. The summed E-state index contributed by atoms with van der Waals surface area (Å²) >= 11 is 12.0. The Labute approximate surface area is 151 Å². The van der Waals surface area contributed by atoms with Gasteiger partial charge in [0.25, 0.3) is 5.91 Å². The van der Waals surface area contributed by atoms with E-state index in [0.717, 1.165) is 11.1 Å². The van der Waals surface area contributed by atoms with Crippen LogP contribution in [0, 0.1) is 6.92 Å². The molecule has 0 saturated heterocycles. The molecule has 0 spiro atoms. The fraction of sp³-hybridized carbons (Fsp3) is 0.222. The summed E-state index contributed by atoms with van der Waals surface area (Å²) in [5.74, 6) is -0.480. The van der Waals surface area contributed by atoms with E-state index in [2.05, 4.69) is 5.32 Å². The van der Waals surface area contributed by atoms with Crippen LogP contribution in [-0.2, 0) is 11.3 Å². The number of aryl methyl sites for hydroxylation is 1. The predicted molar refractivity (Wildman–Crippen MR) is 96.4 cm³/mol. The summed E-state index contributed by atoms with van der Waals surface area (Å²) < 4.78 is 0. The van der Waals surface area contributed by atoms with Gasteiger partial charge >= 0.3 is 0 Å². The molecule has 0 atom stereocenters. The van der Waals surface area contributed by atoms with E-state index < -0.39 is 0 Å². The molecule has 0 unspecified atom stereocenters. The Balaban J connectivity index is 1.90. The van der Waals surface area contributed by atoms with Crippen LogP contribution in [0.15, 0.2) is 42.5 Å². The highest BCUT2D eigenvalue weighted by atomic mass is 35.5. The third kappa shape index (κ3) is 4.98. The van der Waals surface area contributed by atoms with E-state index in [1.165, 1.54) is 4.90 Å². The SMILES string of the molecule is Cc1cccc(C(=O)NCC(=O)N(C)Cc2ccc(Cl)cc2Cl)c1. The molecular weight excluding hydrogens is 347 g/mol. The van der Waals surface area contributed by atoms with E-state index >= 15 is 0 Å². The van der Waals surface area contributed by atoms with Crippen LogP contribution in [0.1, 0.15) is 21.5 Å². The number of amides is 2. The van der Waals surface area contributed by atoms with Crippen LogP contribution in [0.3, 0.4) is 0 Å². The molecule has 126 valence electrons. The standard InChI is InChI=1S/C18H18Cl2N2O2/c1-12-4-3-5-13(8-12)18(24)21-10-17(23)22(2)11-14-6-7-15(19)9-16(14)20/h3-9H,10-11H2,1-2H3,(H,21,24). The van der Waals surface area contributed by atoms with E-state index in [-0.39, 0.29) is 18.4 Å². The molecule has 0 aliphatic carbocycles. The van der Waals surface area contributed by atoms with Crippen molar-refractivity contribution >= 4 is 35.0 Å². The van der Waals surface area contributed by atoms with Crippen molar-refractivity contribution in [2.24, 2.45) is 0 Å². The number of rotatable bonds is 5. The number of hydrogen-bond donors (Lipinski definition) is 1. The largest absolute Gasteiger partial charge is 0.343 e. The van der Waals surface area contributed by atoms with Crippen LogP contribution >= 0.6 is 23.2 Å². The van der Waals surface area contributed by atoms with E-state index in [1.807, 2.05) is 13.0 Å². The fourth-order valence-electron chi connectivity index (χ4n) is 2.17. The average Bonchev–Trinajstić information content (AvgIpc) is 2.54. The first kappa shape index (κ1) is 18.3. The molecule has 0 aromatic heterocycles. The number of nitrogens with one attached hydrogen (secondary N) is 1. The lowest BCUT2D eigenvalue weighted by Crippen LogP contribution is -2.37. The second-order valence-corrected chi connectivity index (χ2v) is 6.38. The van der Waals surface area contributed by atoms with Gasteiger partial charge in [0.1, 0.15) is 0 Å². The maximum absolute atomic E-state index is 12.2. The molecule has 0 aliphatic heterocycles. The third-order valence-electron chi connectivity index (χ3n) is 3.53. The van der Waals surface area contributed by atoms with Gasteiger partial charge in [-0.05, 0) is 36.8 Å². The zero-order chi connectivity index (χ0) is 17.7. The predicted octanol–water partition coefficient (Wildman–Crippen LogP) is 3.69. The molecule has 2 aromatic carbocycles. The Morgan fingerprint density at radius 2 is 1.88 bits per heavy atom. The Morgan fingerprint density at radius 3 is 2.54 bits per heavy atom. The van der Waals surface area contributed by atoms with Gasteiger partial charge in [0.05, 0.1) is 6.54 Å². The molecule has 4 nitrogen and oxygen atoms in total. The molecule has 2 amide bonds. The number of nitrogens with zero attached hydrogens (tertiary/aromatic N) is 1. The molecule has 6 heteroatoms. The molecular formula is C18H18Cl2N2O2. The molecule has 0 bridgehead atoms. The smallest absolute Gasteiger partial charge is 0.251 e. The molecule has 0 aliphatic rings. The maximum atomic E-state index is 12.2. The minimum atomic E-state index is -0.273. The van der Waals surface area contributed by atoms with Crippen molar-refractivity contribution in [3.63, 3.8) is 0 Å². The topological polar surface area (TPSA) is 49.4 Å². The highest BCUT2D eigenvalue weighted by Crippen LogP contribution is 2.21.